The zero-order valence-electron chi connectivity index (χ0n) is 11.1. The fourth-order valence-corrected chi connectivity index (χ4v) is 2.75. The van der Waals surface area contributed by atoms with Gasteiger partial charge in [0.2, 0.25) is 0 Å². The summed E-state index contributed by atoms with van der Waals surface area (Å²) in [6, 6.07) is 7.93. The number of aliphatic hydroxyl groups is 1. The van der Waals surface area contributed by atoms with E-state index >= 15 is 0 Å². The van der Waals surface area contributed by atoms with E-state index in [1.54, 1.807) is 0 Å². The minimum Gasteiger partial charge on any atom is -0.394 e. The van der Waals surface area contributed by atoms with Gasteiger partial charge in [0.15, 0.2) is 0 Å². The van der Waals surface area contributed by atoms with Crippen LogP contribution in [0, 0.1) is 0 Å². The van der Waals surface area contributed by atoms with Gasteiger partial charge in [0.25, 0.3) is 0 Å². The lowest BCUT2D eigenvalue weighted by Crippen LogP contribution is -2.58. The number of benzene rings is 1. The second kappa shape index (κ2) is 5.47. The van der Waals surface area contributed by atoms with Crippen molar-refractivity contribution < 1.29 is 5.11 Å². The van der Waals surface area contributed by atoms with Crippen molar-refractivity contribution in [1.29, 1.82) is 0 Å². The summed E-state index contributed by atoms with van der Waals surface area (Å²) >= 11 is 5.92. The van der Waals surface area contributed by atoms with Crippen molar-refractivity contribution in [2.24, 2.45) is 0 Å². The van der Waals surface area contributed by atoms with Crippen LogP contribution in [0.1, 0.15) is 12.8 Å². The van der Waals surface area contributed by atoms with E-state index in [-0.39, 0.29) is 12.1 Å². The minimum absolute atomic E-state index is 0.127. The summed E-state index contributed by atoms with van der Waals surface area (Å²) in [5.41, 5.74) is 1.05. The molecule has 0 saturated carbocycles. The highest BCUT2D eigenvalue weighted by atomic mass is 35.5. The molecule has 100 valence electrons. The van der Waals surface area contributed by atoms with Gasteiger partial charge in [-0.3, -0.25) is 4.90 Å². The van der Waals surface area contributed by atoms with E-state index in [1.807, 2.05) is 38.4 Å². The summed E-state index contributed by atoms with van der Waals surface area (Å²) < 4.78 is 0. The molecule has 2 rings (SSSR count). The normalized spacial score (nSPS) is 24.6. The largest absolute Gasteiger partial charge is 0.394 e. The van der Waals surface area contributed by atoms with Crippen LogP contribution in [-0.4, -0.2) is 49.3 Å². The van der Waals surface area contributed by atoms with Gasteiger partial charge in [-0.25, -0.2) is 0 Å². The number of hydrogen-bond donors (Lipinski definition) is 1. The second-order valence-corrected chi connectivity index (χ2v) is 5.71. The molecule has 1 unspecified atom stereocenters. The van der Waals surface area contributed by atoms with E-state index in [0.29, 0.717) is 0 Å². The Morgan fingerprint density at radius 1 is 1.33 bits per heavy atom. The predicted molar refractivity (Wildman–Crippen MR) is 76.4 cm³/mol. The highest BCUT2D eigenvalue weighted by molar-refractivity contribution is 6.30. The summed E-state index contributed by atoms with van der Waals surface area (Å²) in [5, 5.41) is 10.5. The molecule has 1 atom stereocenters. The van der Waals surface area contributed by atoms with Gasteiger partial charge in [-0.15, -0.1) is 0 Å². The molecule has 0 aromatic heterocycles. The predicted octanol–water partition coefficient (Wildman–Crippen LogP) is 2.23. The monoisotopic (exact) mass is 268 g/mol. The maximum absolute atomic E-state index is 9.73. The highest BCUT2D eigenvalue weighted by Gasteiger charge is 2.36. The van der Waals surface area contributed by atoms with Gasteiger partial charge in [-0.1, -0.05) is 11.6 Å². The van der Waals surface area contributed by atoms with Crippen LogP contribution in [0.4, 0.5) is 5.69 Å². The standard InChI is InChI=1S/C14H21ClN2O/c1-16(2)14(11-18)8-3-9-17(10-14)13-6-4-12(15)5-7-13/h4-7,18H,3,8-11H2,1-2H3. The van der Waals surface area contributed by atoms with Crippen molar-refractivity contribution in [3.05, 3.63) is 29.3 Å². The molecular weight excluding hydrogens is 248 g/mol. The van der Waals surface area contributed by atoms with Crippen LogP contribution < -0.4 is 4.90 Å². The molecule has 1 aromatic rings. The van der Waals surface area contributed by atoms with Crippen LogP contribution in [-0.2, 0) is 0 Å². The Morgan fingerprint density at radius 2 is 2.00 bits per heavy atom. The highest BCUT2D eigenvalue weighted by Crippen LogP contribution is 2.29. The second-order valence-electron chi connectivity index (χ2n) is 5.28. The maximum atomic E-state index is 9.73. The Hall–Kier alpha value is -0.770. The number of anilines is 1. The number of likely N-dealkylation sites (N-methyl/N-ethyl adjacent to an activating group) is 1. The Labute approximate surface area is 114 Å². The van der Waals surface area contributed by atoms with Crippen LogP contribution in [0.5, 0.6) is 0 Å². The fraction of sp³-hybridized carbons (Fsp3) is 0.571. The van der Waals surface area contributed by atoms with E-state index in [1.165, 1.54) is 5.69 Å². The molecule has 0 aliphatic carbocycles. The van der Waals surface area contributed by atoms with Crippen LogP contribution in [0.3, 0.4) is 0 Å². The molecule has 1 heterocycles. The molecule has 0 bridgehead atoms. The third kappa shape index (κ3) is 2.63. The molecule has 3 nitrogen and oxygen atoms in total. The molecule has 1 saturated heterocycles. The van der Waals surface area contributed by atoms with Crippen LogP contribution in [0.2, 0.25) is 5.02 Å². The molecule has 1 aliphatic rings. The Bertz CT molecular complexity index is 393. The first-order valence-corrected chi connectivity index (χ1v) is 6.74. The van der Waals surface area contributed by atoms with Crippen molar-refractivity contribution >= 4 is 17.3 Å². The quantitative estimate of drug-likeness (QED) is 0.911. The molecule has 1 N–H and O–H groups in total. The van der Waals surface area contributed by atoms with E-state index in [4.69, 9.17) is 11.6 Å². The Kier molecular flexibility index (Phi) is 4.15. The number of rotatable bonds is 3. The van der Waals surface area contributed by atoms with E-state index in [2.05, 4.69) is 9.80 Å². The first kappa shape index (κ1) is 13.7. The SMILES string of the molecule is CN(C)C1(CO)CCCN(c2ccc(Cl)cc2)C1. The lowest BCUT2D eigenvalue weighted by atomic mass is 9.88. The third-order valence-corrected chi connectivity index (χ3v) is 4.24. The minimum atomic E-state index is -0.127. The molecular formula is C14H21ClN2O. The van der Waals surface area contributed by atoms with Gasteiger partial charge in [0.05, 0.1) is 12.1 Å². The first-order chi connectivity index (χ1) is 8.57. The third-order valence-electron chi connectivity index (χ3n) is 3.99. The van der Waals surface area contributed by atoms with Gasteiger partial charge in [-0.2, -0.15) is 0 Å². The van der Waals surface area contributed by atoms with Crippen molar-refractivity contribution in [3.8, 4) is 0 Å². The molecule has 4 heteroatoms. The van der Waals surface area contributed by atoms with E-state index < -0.39 is 0 Å². The average molecular weight is 269 g/mol. The summed E-state index contributed by atoms with van der Waals surface area (Å²) in [5.74, 6) is 0. The summed E-state index contributed by atoms with van der Waals surface area (Å²) in [4.78, 5) is 4.48. The van der Waals surface area contributed by atoms with Gasteiger partial charge in [0, 0.05) is 23.8 Å². The Morgan fingerprint density at radius 3 is 2.56 bits per heavy atom. The summed E-state index contributed by atoms with van der Waals surface area (Å²) in [6.45, 7) is 2.10. The van der Waals surface area contributed by atoms with Crippen molar-refractivity contribution in [2.75, 3.05) is 38.7 Å². The average Bonchev–Trinajstić information content (AvgIpc) is 2.39. The smallest absolute Gasteiger partial charge is 0.0632 e. The van der Waals surface area contributed by atoms with Gasteiger partial charge in [0.1, 0.15) is 0 Å². The van der Waals surface area contributed by atoms with E-state index in [9.17, 15) is 5.11 Å². The van der Waals surface area contributed by atoms with Crippen molar-refractivity contribution in [1.82, 2.24) is 4.90 Å². The van der Waals surface area contributed by atoms with E-state index in [0.717, 1.165) is 31.0 Å². The van der Waals surface area contributed by atoms with Gasteiger partial charge >= 0.3 is 0 Å². The van der Waals surface area contributed by atoms with Gasteiger partial charge in [-0.05, 0) is 51.2 Å². The van der Waals surface area contributed by atoms with Crippen LogP contribution in [0.25, 0.3) is 0 Å². The molecule has 1 aliphatic heterocycles. The number of hydrogen-bond acceptors (Lipinski definition) is 3. The first-order valence-electron chi connectivity index (χ1n) is 6.36. The fourth-order valence-electron chi connectivity index (χ4n) is 2.62. The number of aliphatic hydroxyl groups excluding tert-OH is 1. The molecule has 1 aromatic carbocycles. The zero-order valence-corrected chi connectivity index (χ0v) is 11.8. The zero-order chi connectivity index (χ0) is 13.2. The van der Waals surface area contributed by atoms with Crippen LogP contribution in [0.15, 0.2) is 24.3 Å². The molecule has 0 spiro atoms. The number of piperidine rings is 1. The summed E-state index contributed by atoms with van der Waals surface area (Å²) in [7, 11) is 4.09. The van der Waals surface area contributed by atoms with Crippen LogP contribution >= 0.6 is 11.6 Å². The number of nitrogens with zero attached hydrogens (tertiary/aromatic N) is 2. The lowest BCUT2D eigenvalue weighted by molar-refractivity contribution is 0.0547. The van der Waals surface area contributed by atoms with Gasteiger partial charge < -0.3 is 10.0 Å². The number of halogens is 1. The molecule has 0 radical (unpaired) electrons. The van der Waals surface area contributed by atoms with Crippen molar-refractivity contribution in [2.45, 2.75) is 18.4 Å². The van der Waals surface area contributed by atoms with Crippen molar-refractivity contribution in [3.63, 3.8) is 0 Å². The molecule has 18 heavy (non-hydrogen) atoms. The maximum Gasteiger partial charge on any atom is 0.0632 e. The topological polar surface area (TPSA) is 26.7 Å². The lowest BCUT2D eigenvalue weighted by Gasteiger charge is -2.46. The molecule has 0 amide bonds. The Balaban J connectivity index is 2.18. The molecule has 1 fully saturated rings. The summed E-state index contributed by atoms with van der Waals surface area (Å²) in [6.07, 6.45) is 2.14.